The summed E-state index contributed by atoms with van der Waals surface area (Å²) in [6, 6.07) is 6.65. The van der Waals surface area contributed by atoms with Gasteiger partial charge in [-0.15, -0.1) is 0 Å². The zero-order chi connectivity index (χ0) is 14.5. The number of nitrogens with one attached hydrogen (secondary N) is 1. The highest BCUT2D eigenvalue weighted by molar-refractivity contribution is 9.10. The van der Waals surface area contributed by atoms with E-state index in [4.69, 9.17) is 0 Å². The molecule has 1 N–H and O–H groups in total. The van der Waals surface area contributed by atoms with Gasteiger partial charge in [-0.25, -0.2) is 8.93 Å². The first kappa shape index (κ1) is 14.7. The van der Waals surface area contributed by atoms with Gasteiger partial charge in [-0.3, -0.25) is 0 Å². The molecule has 3 rings (SSSR count). The highest BCUT2D eigenvalue weighted by Crippen LogP contribution is 2.62. The zero-order valence-electron chi connectivity index (χ0n) is 12.3. The molecule has 1 saturated carbocycles. The maximum atomic E-state index is 12.2. The second-order valence-corrected chi connectivity index (χ2v) is 10.1. The lowest BCUT2D eigenvalue weighted by atomic mass is 9.90. The SMILES string of the molecule is CC(C)(C)S(=O)NCC1c2cc(Br)ccc2CC12CC2. The van der Waals surface area contributed by atoms with Crippen molar-refractivity contribution in [1.29, 1.82) is 0 Å². The van der Waals surface area contributed by atoms with E-state index in [-0.39, 0.29) is 4.75 Å². The van der Waals surface area contributed by atoms with E-state index in [0.29, 0.717) is 11.3 Å². The minimum Gasteiger partial charge on any atom is -0.242 e. The molecular formula is C16H22BrNOS. The average molecular weight is 356 g/mol. The van der Waals surface area contributed by atoms with Gasteiger partial charge in [0.2, 0.25) is 0 Å². The summed E-state index contributed by atoms with van der Waals surface area (Å²) in [4.78, 5) is 0. The first-order chi connectivity index (χ1) is 9.32. The third-order valence-electron chi connectivity index (χ3n) is 4.63. The molecule has 20 heavy (non-hydrogen) atoms. The molecule has 110 valence electrons. The Bertz CT molecular complexity index is 560. The molecule has 0 aliphatic heterocycles. The highest BCUT2D eigenvalue weighted by Gasteiger charge is 2.54. The Morgan fingerprint density at radius 3 is 2.70 bits per heavy atom. The van der Waals surface area contributed by atoms with Crippen LogP contribution in [0.1, 0.15) is 50.7 Å². The van der Waals surface area contributed by atoms with Crippen LogP contribution < -0.4 is 4.72 Å². The van der Waals surface area contributed by atoms with Crippen molar-refractivity contribution in [3.63, 3.8) is 0 Å². The zero-order valence-corrected chi connectivity index (χ0v) is 14.7. The van der Waals surface area contributed by atoms with Crippen LogP contribution in [0.3, 0.4) is 0 Å². The Labute approximate surface area is 132 Å². The summed E-state index contributed by atoms with van der Waals surface area (Å²) in [6.45, 7) is 6.87. The molecule has 1 fully saturated rings. The summed E-state index contributed by atoms with van der Waals surface area (Å²) < 4.78 is 16.4. The fraction of sp³-hybridized carbons (Fsp3) is 0.625. The Hall–Kier alpha value is -0.190. The van der Waals surface area contributed by atoms with E-state index in [1.54, 1.807) is 0 Å². The maximum Gasteiger partial charge on any atom is 0.0970 e. The van der Waals surface area contributed by atoms with Crippen molar-refractivity contribution < 1.29 is 4.21 Å². The van der Waals surface area contributed by atoms with Crippen LogP contribution in [-0.4, -0.2) is 15.5 Å². The number of hydrogen-bond donors (Lipinski definition) is 1. The minimum atomic E-state index is -0.983. The lowest BCUT2D eigenvalue weighted by Crippen LogP contribution is -2.36. The molecular weight excluding hydrogens is 334 g/mol. The van der Waals surface area contributed by atoms with Crippen molar-refractivity contribution in [2.75, 3.05) is 6.54 Å². The van der Waals surface area contributed by atoms with Gasteiger partial charge in [-0.2, -0.15) is 0 Å². The molecule has 2 unspecified atom stereocenters. The van der Waals surface area contributed by atoms with E-state index in [1.165, 1.54) is 30.4 Å². The van der Waals surface area contributed by atoms with E-state index in [0.717, 1.165) is 11.0 Å². The second-order valence-electron chi connectivity index (χ2n) is 7.16. The van der Waals surface area contributed by atoms with E-state index in [9.17, 15) is 4.21 Å². The van der Waals surface area contributed by atoms with Crippen molar-refractivity contribution in [1.82, 2.24) is 4.72 Å². The van der Waals surface area contributed by atoms with Crippen molar-refractivity contribution in [3.8, 4) is 0 Å². The highest BCUT2D eigenvalue weighted by atomic mass is 79.9. The molecule has 0 radical (unpaired) electrons. The van der Waals surface area contributed by atoms with Crippen molar-refractivity contribution in [2.45, 2.75) is 50.7 Å². The molecule has 1 aromatic rings. The molecule has 2 aliphatic carbocycles. The molecule has 1 spiro atoms. The third kappa shape index (κ3) is 2.62. The van der Waals surface area contributed by atoms with Gasteiger partial charge < -0.3 is 0 Å². The molecule has 0 bridgehead atoms. The Balaban J connectivity index is 1.79. The van der Waals surface area contributed by atoms with Gasteiger partial charge in [0.15, 0.2) is 0 Å². The first-order valence-electron chi connectivity index (χ1n) is 7.26. The Kier molecular flexibility index (Phi) is 3.63. The Morgan fingerprint density at radius 1 is 1.40 bits per heavy atom. The van der Waals surface area contributed by atoms with Crippen LogP contribution in [0.25, 0.3) is 0 Å². The average Bonchev–Trinajstić information content (AvgIpc) is 3.04. The topological polar surface area (TPSA) is 29.1 Å². The molecule has 0 saturated heterocycles. The van der Waals surface area contributed by atoms with Crippen molar-refractivity contribution in [2.24, 2.45) is 5.41 Å². The first-order valence-corrected chi connectivity index (χ1v) is 9.20. The van der Waals surface area contributed by atoms with Crippen LogP contribution in [0.2, 0.25) is 0 Å². The monoisotopic (exact) mass is 355 g/mol. The molecule has 0 aromatic heterocycles. The van der Waals surface area contributed by atoms with Gasteiger partial charge in [0, 0.05) is 16.9 Å². The maximum absolute atomic E-state index is 12.2. The minimum absolute atomic E-state index is 0.199. The standard InChI is InChI=1S/C16H22BrNOS/c1-15(2,3)20(19)18-10-14-13-8-12(17)5-4-11(13)9-16(14)6-7-16/h4-5,8,14,18H,6-7,9-10H2,1-3H3. The summed E-state index contributed by atoms with van der Waals surface area (Å²) in [6.07, 6.45) is 3.83. The van der Waals surface area contributed by atoms with E-state index < -0.39 is 11.0 Å². The molecule has 0 amide bonds. The number of fused-ring (bicyclic) bond motifs is 1. The third-order valence-corrected chi connectivity index (χ3v) is 6.67. The summed E-state index contributed by atoms with van der Waals surface area (Å²) in [5.74, 6) is 0.515. The fourth-order valence-electron chi connectivity index (χ4n) is 3.27. The quantitative estimate of drug-likeness (QED) is 0.874. The van der Waals surface area contributed by atoms with Gasteiger partial charge >= 0.3 is 0 Å². The summed E-state index contributed by atoms with van der Waals surface area (Å²) in [5, 5.41) is 0. The summed E-state index contributed by atoms with van der Waals surface area (Å²) in [7, 11) is -0.983. The number of benzene rings is 1. The van der Waals surface area contributed by atoms with Crippen LogP contribution in [-0.2, 0) is 17.4 Å². The van der Waals surface area contributed by atoms with E-state index in [2.05, 4.69) is 38.9 Å². The lowest BCUT2D eigenvalue weighted by molar-refractivity contribution is 0.432. The molecule has 2 aliphatic rings. The molecule has 2 atom stereocenters. The number of hydrogen-bond acceptors (Lipinski definition) is 1. The van der Waals surface area contributed by atoms with Gasteiger partial charge in [-0.05, 0) is 68.7 Å². The largest absolute Gasteiger partial charge is 0.242 e. The van der Waals surface area contributed by atoms with E-state index in [1.807, 2.05) is 20.8 Å². The predicted molar refractivity (Wildman–Crippen MR) is 88.2 cm³/mol. The lowest BCUT2D eigenvalue weighted by Gasteiger charge is -2.23. The predicted octanol–water partition coefficient (Wildman–Crippen LogP) is 3.92. The molecule has 4 heteroatoms. The van der Waals surface area contributed by atoms with Crippen LogP contribution in [0, 0.1) is 5.41 Å². The van der Waals surface area contributed by atoms with Crippen molar-refractivity contribution in [3.05, 3.63) is 33.8 Å². The van der Waals surface area contributed by atoms with Crippen LogP contribution in [0.15, 0.2) is 22.7 Å². The van der Waals surface area contributed by atoms with E-state index >= 15 is 0 Å². The molecule has 1 aromatic carbocycles. The molecule has 2 nitrogen and oxygen atoms in total. The second kappa shape index (κ2) is 4.92. The Morgan fingerprint density at radius 2 is 2.10 bits per heavy atom. The van der Waals surface area contributed by atoms with Gasteiger partial charge in [-0.1, -0.05) is 22.0 Å². The number of halogens is 1. The van der Waals surface area contributed by atoms with Gasteiger partial charge in [0.25, 0.3) is 0 Å². The van der Waals surface area contributed by atoms with Crippen LogP contribution >= 0.6 is 15.9 Å². The summed E-state index contributed by atoms with van der Waals surface area (Å²) in [5.41, 5.74) is 3.40. The van der Waals surface area contributed by atoms with Gasteiger partial charge in [0.1, 0.15) is 0 Å². The van der Waals surface area contributed by atoms with Gasteiger partial charge in [0.05, 0.1) is 15.7 Å². The van der Waals surface area contributed by atoms with Crippen LogP contribution in [0.4, 0.5) is 0 Å². The molecule has 0 heterocycles. The fourth-order valence-corrected chi connectivity index (χ4v) is 4.40. The smallest absolute Gasteiger partial charge is 0.0970 e. The summed E-state index contributed by atoms with van der Waals surface area (Å²) >= 11 is 3.58. The number of rotatable bonds is 3. The van der Waals surface area contributed by atoms with Crippen LogP contribution in [0.5, 0.6) is 0 Å². The van der Waals surface area contributed by atoms with Crippen molar-refractivity contribution >= 4 is 26.9 Å². The normalized spacial score (nSPS) is 24.7.